The summed E-state index contributed by atoms with van der Waals surface area (Å²) in [4.78, 5) is 13.6. The van der Waals surface area contributed by atoms with Crippen LogP contribution in [0.5, 0.6) is 0 Å². The predicted molar refractivity (Wildman–Crippen MR) is 86.5 cm³/mol. The van der Waals surface area contributed by atoms with E-state index < -0.39 is 0 Å². The molecule has 0 radical (unpaired) electrons. The molecule has 6 heteroatoms. The zero-order valence-electron chi connectivity index (χ0n) is 11.9. The Kier molecular flexibility index (Phi) is 4.99. The molecule has 0 unspecified atom stereocenters. The Morgan fingerprint density at radius 3 is 2.60 bits per heavy atom. The lowest BCUT2D eigenvalue weighted by molar-refractivity contribution is 0.749. The highest BCUT2D eigenvalue weighted by molar-refractivity contribution is 9.10. The molecule has 0 fully saturated rings. The van der Waals surface area contributed by atoms with Crippen molar-refractivity contribution in [1.82, 2.24) is 15.0 Å². The second kappa shape index (κ2) is 6.54. The van der Waals surface area contributed by atoms with Gasteiger partial charge >= 0.3 is 0 Å². The molecular weight excluding hydrogens is 336 g/mol. The normalized spacial score (nSPS) is 10.9. The zero-order chi connectivity index (χ0) is 14.7. The van der Waals surface area contributed by atoms with Crippen molar-refractivity contribution in [2.45, 2.75) is 36.7 Å². The first-order chi connectivity index (χ1) is 9.52. The highest BCUT2D eigenvalue weighted by atomic mass is 79.9. The summed E-state index contributed by atoms with van der Waals surface area (Å²) in [6, 6.07) is 3.88. The number of nitrogens with zero attached hydrogens (tertiary/aromatic N) is 3. The number of hydrogen-bond donors (Lipinski definition) is 1. The van der Waals surface area contributed by atoms with Crippen LogP contribution >= 0.6 is 27.7 Å². The minimum atomic E-state index is 0.286. The molecule has 0 bridgehead atoms. The fourth-order valence-electron chi connectivity index (χ4n) is 1.65. The van der Waals surface area contributed by atoms with Gasteiger partial charge in [-0.2, -0.15) is 0 Å². The van der Waals surface area contributed by atoms with Crippen LogP contribution in [0.3, 0.4) is 0 Å². The van der Waals surface area contributed by atoms with Crippen LogP contribution in [0.4, 0.5) is 5.82 Å². The van der Waals surface area contributed by atoms with Gasteiger partial charge in [0.2, 0.25) is 0 Å². The van der Waals surface area contributed by atoms with Crippen molar-refractivity contribution >= 4 is 33.5 Å². The lowest BCUT2D eigenvalue weighted by Crippen LogP contribution is -2.06. The number of aromatic nitrogens is 3. The Bertz CT molecular complexity index is 616. The van der Waals surface area contributed by atoms with Gasteiger partial charge in [0.25, 0.3) is 0 Å². The van der Waals surface area contributed by atoms with Gasteiger partial charge in [0, 0.05) is 24.7 Å². The van der Waals surface area contributed by atoms with E-state index in [9.17, 15) is 0 Å². The molecule has 0 aliphatic heterocycles. The van der Waals surface area contributed by atoms with Gasteiger partial charge in [0.15, 0.2) is 0 Å². The summed E-state index contributed by atoms with van der Waals surface area (Å²) in [5, 5.41) is 4.98. The molecule has 0 amide bonds. The molecule has 0 aliphatic carbocycles. The summed E-state index contributed by atoms with van der Waals surface area (Å²) in [7, 11) is 1.88. The molecule has 1 N–H and O–H groups in total. The van der Waals surface area contributed by atoms with E-state index in [0.29, 0.717) is 0 Å². The van der Waals surface area contributed by atoms with E-state index in [1.807, 2.05) is 26.1 Å². The molecule has 0 saturated carbocycles. The molecule has 20 heavy (non-hydrogen) atoms. The van der Waals surface area contributed by atoms with Crippen molar-refractivity contribution in [3.05, 3.63) is 34.2 Å². The van der Waals surface area contributed by atoms with Crippen LogP contribution in [0.1, 0.15) is 31.2 Å². The number of nitrogens with one attached hydrogen (secondary N) is 1. The summed E-state index contributed by atoms with van der Waals surface area (Å²) in [5.74, 6) is 2.00. The molecule has 4 nitrogen and oxygen atoms in total. The average Bonchev–Trinajstić information content (AvgIpc) is 2.43. The van der Waals surface area contributed by atoms with Crippen molar-refractivity contribution in [3.63, 3.8) is 0 Å². The molecule has 2 aromatic rings. The first-order valence-electron chi connectivity index (χ1n) is 6.37. The molecule has 0 aliphatic rings. The highest BCUT2D eigenvalue weighted by Crippen LogP contribution is 2.34. The Morgan fingerprint density at radius 1 is 1.25 bits per heavy atom. The standard InChI is InChI=1S/C14H17BrN4S/c1-8(2)11-18-12(16-4)9(3)13(19-11)20-14-10(15)6-5-7-17-14/h5-8H,1-4H3,(H,16,18,19). The fourth-order valence-corrected chi connectivity index (χ4v) is 3.00. The van der Waals surface area contributed by atoms with E-state index >= 15 is 0 Å². The minimum absolute atomic E-state index is 0.286. The van der Waals surface area contributed by atoms with Crippen LogP contribution in [0.15, 0.2) is 32.9 Å². The molecule has 0 saturated heterocycles. The van der Waals surface area contributed by atoms with Crippen LogP contribution in [0, 0.1) is 6.92 Å². The summed E-state index contributed by atoms with van der Waals surface area (Å²) in [6.45, 7) is 6.21. The smallest absolute Gasteiger partial charge is 0.134 e. The number of halogens is 1. The third-order valence-electron chi connectivity index (χ3n) is 2.79. The van der Waals surface area contributed by atoms with Gasteiger partial charge < -0.3 is 5.32 Å². The van der Waals surface area contributed by atoms with E-state index in [2.05, 4.69) is 50.0 Å². The van der Waals surface area contributed by atoms with E-state index in [0.717, 1.165) is 31.7 Å². The Hall–Kier alpha value is -1.14. The minimum Gasteiger partial charge on any atom is -0.373 e. The van der Waals surface area contributed by atoms with Crippen LogP contribution in [0.25, 0.3) is 0 Å². The van der Waals surface area contributed by atoms with Crippen LogP contribution < -0.4 is 5.32 Å². The molecular formula is C14H17BrN4S. The van der Waals surface area contributed by atoms with Crippen LogP contribution in [-0.2, 0) is 0 Å². The maximum atomic E-state index is 4.67. The first kappa shape index (κ1) is 15.3. The van der Waals surface area contributed by atoms with Gasteiger partial charge in [-0.1, -0.05) is 13.8 Å². The third-order valence-corrected chi connectivity index (χ3v) is 4.80. The SMILES string of the molecule is CNc1nc(C(C)C)nc(Sc2ncccc2Br)c1C. The lowest BCUT2D eigenvalue weighted by Gasteiger charge is -2.13. The van der Waals surface area contributed by atoms with E-state index in [-0.39, 0.29) is 5.92 Å². The zero-order valence-corrected chi connectivity index (χ0v) is 14.3. The molecule has 2 heterocycles. The Balaban J connectivity index is 2.45. The molecule has 0 atom stereocenters. The van der Waals surface area contributed by atoms with Crippen molar-refractivity contribution in [2.24, 2.45) is 0 Å². The average molecular weight is 353 g/mol. The molecule has 2 aromatic heterocycles. The maximum Gasteiger partial charge on any atom is 0.134 e. The molecule has 0 spiro atoms. The topological polar surface area (TPSA) is 50.7 Å². The Labute approximate surface area is 132 Å². The monoisotopic (exact) mass is 352 g/mol. The number of rotatable bonds is 4. The van der Waals surface area contributed by atoms with Crippen molar-refractivity contribution in [3.8, 4) is 0 Å². The van der Waals surface area contributed by atoms with E-state index in [1.54, 1.807) is 18.0 Å². The summed E-state index contributed by atoms with van der Waals surface area (Å²) in [6.07, 6.45) is 1.78. The fraction of sp³-hybridized carbons (Fsp3) is 0.357. The number of pyridine rings is 1. The van der Waals surface area contributed by atoms with Gasteiger partial charge in [-0.15, -0.1) is 0 Å². The maximum absolute atomic E-state index is 4.67. The van der Waals surface area contributed by atoms with Crippen molar-refractivity contribution < 1.29 is 0 Å². The Morgan fingerprint density at radius 2 is 2.00 bits per heavy atom. The van der Waals surface area contributed by atoms with Crippen LogP contribution in [-0.4, -0.2) is 22.0 Å². The van der Waals surface area contributed by atoms with Crippen molar-refractivity contribution in [1.29, 1.82) is 0 Å². The van der Waals surface area contributed by atoms with Crippen molar-refractivity contribution in [2.75, 3.05) is 12.4 Å². The lowest BCUT2D eigenvalue weighted by atomic mass is 10.2. The number of anilines is 1. The second-order valence-corrected chi connectivity index (χ2v) is 6.49. The molecule has 0 aromatic carbocycles. The van der Waals surface area contributed by atoms with Crippen LogP contribution in [0.2, 0.25) is 0 Å². The number of hydrogen-bond acceptors (Lipinski definition) is 5. The summed E-state index contributed by atoms with van der Waals surface area (Å²) < 4.78 is 0.972. The highest BCUT2D eigenvalue weighted by Gasteiger charge is 2.14. The largest absolute Gasteiger partial charge is 0.373 e. The van der Waals surface area contributed by atoms with Gasteiger partial charge in [0.1, 0.15) is 21.7 Å². The quantitative estimate of drug-likeness (QED) is 0.833. The van der Waals surface area contributed by atoms with Gasteiger partial charge in [0.05, 0.1) is 4.47 Å². The van der Waals surface area contributed by atoms with E-state index in [4.69, 9.17) is 0 Å². The predicted octanol–water partition coefficient (Wildman–Crippen LogP) is 4.26. The first-order valence-corrected chi connectivity index (χ1v) is 7.98. The van der Waals surface area contributed by atoms with E-state index in [1.165, 1.54) is 0 Å². The van der Waals surface area contributed by atoms with Gasteiger partial charge in [-0.05, 0) is 46.7 Å². The second-order valence-electron chi connectivity index (χ2n) is 4.66. The van der Waals surface area contributed by atoms with Gasteiger partial charge in [-0.3, -0.25) is 0 Å². The summed E-state index contributed by atoms with van der Waals surface area (Å²) in [5.41, 5.74) is 1.04. The third kappa shape index (κ3) is 3.30. The summed E-state index contributed by atoms with van der Waals surface area (Å²) >= 11 is 5.07. The molecule has 106 valence electrons. The van der Waals surface area contributed by atoms with Gasteiger partial charge in [-0.25, -0.2) is 15.0 Å². The molecule has 2 rings (SSSR count).